The van der Waals surface area contributed by atoms with Crippen LogP contribution >= 0.6 is 0 Å². The van der Waals surface area contributed by atoms with Crippen LogP contribution in [0.5, 0.6) is 0 Å². The van der Waals surface area contributed by atoms with Crippen molar-refractivity contribution >= 4 is 10.1 Å². The summed E-state index contributed by atoms with van der Waals surface area (Å²) >= 11 is 0. The van der Waals surface area contributed by atoms with Crippen LogP contribution in [0.1, 0.15) is 70.3 Å². The monoisotopic (exact) mass is 320 g/mol. The van der Waals surface area contributed by atoms with Crippen LogP contribution in [0.4, 0.5) is 0 Å². The van der Waals surface area contributed by atoms with E-state index in [1.807, 2.05) is 0 Å². The van der Waals surface area contributed by atoms with Gasteiger partial charge in [-0.15, -0.1) is 0 Å². The van der Waals surface area contributed by atoms with Crippen molar-refractivity contribution in [2.24, 2.45) is 0 Å². The molecule has 0 aromatic heterocycles. The number of benzene rings is 1. The Hall–Kier alpha value is 0.130. The van der Waals surface area contributed by atoms with Gasteiger partial charge in [0.15, 0.2) is 0 Å². The summed E-state index contributed by atoms with van der Waals surface area (Å²) in [4.78, 5) is -0.137. The van der Waals surface area contributed by atoms with E-state index in [0.717, 1.165) is 24.8 Å². The minimum Gasteiger partial charge on any atom is -0.744 e. The molecule has 0 radical (unpaired) electrons. The summed E-state index contributed by atoms with van der Waals surface area (Å²) in [5.74, 6) is 0.472. The number of hydrogen-bond donors (Lipinski definition) is 0. The molecule has 1 rings (SSSR count). The molecule has 1 unspecified atom stereocenters. The zero-order chi connectivity index (χ0) is 15.0. The SMILES string of the molecule is CCCCCCC(CCC)c1ccc(S(=O)(=O)[O-])cc1.[Na+]. The van der Waals surface area contributed by atoms with Gasteiger partial charge in [-0.3, -0.25) is 0 Å². The molecular formula is C16H25NaO3S. The van der Waals surface area contributed by atoms with E-state index in [4.69, 9.17) is 0 Å². The normalized spacial score (nSPS) is 12.7. The summed E-state index contributed by atoms with van der Waals surface area (Å²) in [7, 11) is -4.33. The first-order valence-corrected chi connectivity index (χ1v) is 8.95. The minimum absolute atomic E-state index is 0. The van der Waals surface area contributed by atoms with Gasteiger partial charge in [-0.1, -0.05) is 58.1 Å². The van der Waals surface area contributed by atoms with Gasteiger partial charge in [-0.2, -0.15) is 0 Å². The fraction of sp³-hybridized carbons (Fsp3) is 0.625. The van der Waals surface area contributed by atoms with Crippen LogP contribution < -0.4 is 29.6 Å². The first-order valence-electron chi connectivity index (χ1n) is 7.54. The van der Waals surface area contributed by atoms with Gasteiger partial charge < -0.3 is 4.55 Å². The molecule has 0 aliphatic heterocycles. The molecule has 0 amide bonds. The van der Waals surface area contributed by atoms with Crippen LogP contribution in [0.2, 0.25) is 0 Å². The van der Waals surface area contributed by atoms with Crippen molar-refractivity contribution in [2.45, 2.75) is 69.6 Å². The molecule has 0 saturated carbocycles. The largest absolute Gasteiger partial charge is 1.00 e. The molecule has 0 heterocycles. The molecule has 0 saturated heterocycles. The van der Waals surface area contributed by atoms with Gasteiger partial charge in [0.1, 0.15) is 10.1 Å². The third kappa shape index (κ3) is 7.80. The van der Waals surface area contributed by atoms with Crippen LogP contribution in [0.15, 0.2) is 29.2 Å². The van der Waals surface area contributed by atoms with E-state index in [9.17, 15) is 13.0 Å². The Balaban J connectivity index is 0.00000400. The van der Waals surface area contributed by atoms with Gasteiger partial charge in [0.2, 0.25) is 0 Å². The zero-order valence-corrected chi connectivity index (χ0v) is 16.3. The number of hydrogen-bond acceptors (Lipinski definition) is 3. The van der Waals surface area contributed by atoms with E-state index in [-0.39, 0.29) is 34.5 Å². The standard InChI is InChI=1S/C16H26O3S.Na/c1-3-5-6-7-9-14(8-4-2)15-10-12-16(13-11-15)20(17,18)19;/h10-14H,3-9H2,1-2H3,(H,17,18,19);/q;+1/p-1. The van der Waals surface area contributed by atoms with Crippen molar-refractivity contribution in [2.75, 3.05) is 0 Å². The Morgan fingerprint density at radius 3 is 2.05 bits per heavy atom. The van der Waals surface area contributed by atoms with Crippen molar-refractivity contribution in [1.82, 2.24) is 0 Å². The van der Waals surface area contributed by atoms with Gasteiger partial charge in [0.05, 0.1) is 4.90 Å². The van der Waals surface area contributed by atoms with Crippen molar-refractivity contribution in [3.8, 4) is 0 Å². The Bertz CT molecular complexity index is 483. The Morgan fingerprint density at radius 1 is 0.952 bits per heavy atom. The van der Waals surface area contributed by atoms with E-state index in [1.54, 1.807) is 12.1 Å². The molecule has 0 N–H and O–H groups in total. The summed E-state index contributed by atoms with van der Waals surface area (Å²) in [6.45, 7) is 4.36. The van der Waals surface area contributed by atoms with Crippen LogP contribution in [0, 0.1) is 0 Å². The maximum absolute atomic E-state index is 10.9. The van der Waals surface area contributed by atoms with Gasteiger partial charge in [0.25, 0.3) is 0 Å². The van der Waals surface area contributed by atoms with Crippen molar-refractivity contribution < 1.29 is 42.5 Å². The number of rotatable bonds is 9. The second-order valence-electron chi connectivity index (χ2n) is 5.36. The number of unbranched alkanes of at least 4 members (excludes halogenated alkanes) is 3. The van der Waals surface area contributed by atoms with E-state index < -0.39 is 10.1 Å². The van der Waals surface area contributed by atoms with Gasteiger partial charge >= 0.3 is 29.6 Å². The Labute approximate surface area is 151 Å². The quantitative estimate of drug-likeness (QED) is 0.393. The van der Waals surface area contributed by atoms with Gasteiger partial charge in [-0.25, -0.2) is 8.42 Å². The fourth-order valence-electron chi connectivity index (χ4n) is 2.55. The average molecular weight is 320 g/mol. The Morgan fingerprint density at radius 2 is 1.57 bits per heavy atom. The molecule has 5 heteroatoms. The van der Waals surface area contributed by atoms with E-state index in [1.165, 1.54) is 37.8 Å². The van der Waals surface area contributed by atoms with Crippen LogP contribution in [-0.2, 0) is 10.1 Å². The molecule has 0 spiro atoms. The summed E-state index contributed by atoms with van der Waals surface area (Å²) < 4.78 is 32.8. The minimum atomic E-state index is -4.33. The third-order valence-electron chi connectivity index (χ3n) is 3.68. The molecule has 1 atom stereocenters. The van der Waals surface area contributed by atoms with E-state index in [0.29, 0.717) is 5.92 Å². The molecule has 114 valence electrons. The molecule has 0 bridgehead atoms. The summed E-state index contributed by atoms with van der Waals surface area (Å²) in [5, 5.41) is 0. The van der Waals surface area contributed by atoms with Crippen LogP contribution in [-0.4, -0.2) is 13.0 Å². The van der Waals surface area contributed by atoms with Crippen molar-refractivity contribution in [3.63, 3.8) is 0 Å². The summed E-state index contributed by atoms with van der Waals surface area (Å²) in [6.07, 6.45) is 8.32. The molecule has 1 aromatic rings. The van der Waals surface area contributed by atoms with Gasteiger partial charge in [0, 0.05) is 0 Å². The molecule has 0 aliphatic rings. The Kier molecular flexibility index (Phi) is 10.9. The van der Waals surface area contributed by atoms with Crippen molar-refractivity contribution in [3.05, 3.63) is 29.8 Å². The second kappa shape index (κ2) is 10.8. The van der Waals surface area contributed by atoms with Crippen LogP contribution in [0.3, 0.4) is 0 Å². The smallest absolute Gasteiger partial charge is 0.744 e. The molecular weight excluding hydrogens is 295 g/mol. The zero-order valence-electron chi connectivity index (χ0n) is 13.5. The topological polar surface area (TPSA) is 57.2 Å². The van der Waals surface area contributed by atoms with Crippen LogP contribution in [0.25, 0.3) is 0 Å². The molecule has 1 aromatic carbocycles. The molecule has 21 heavy (non-hydrogen) atoms. The average Bonchev–Trinajstić information content (AvgIpc) is 2.41. The maximum Gasteiger partial charge on any atom is 1.00 e. The predicted octanol–water partition coefficient (Wildman–Crippen LogP) is 1.45. The third-order valence-corrected chi connectivity index (χ3v) is 4.53. The maximum atomic E-state index is 10.9. The molecule has 0 aliphatic carbocycles. The summed E-state index contributed by atoms with van der Waals surface area (Å²) in [6, 6.07) is 6.47. The first-order chi connectivity index (χ1) is 9.49. The van der Waals surface area contributed by atoms with E-state index in [2.05, 4.69) is 13.8 Å². The predicted molar refractivity (Wildman–Crippen MR) is 80.8 cm³/mol. The molecule has 3 nitrogen and oxygen atoms in total. The molecule has 0 fully saturated rings. The first kappa shape index (κ1) is 21.1. The fourth-order valence-corrected chi connectivity index (χ4v) is 3.02. The second-order valence-corrected chi connectivity index (χ2v) is 6.74. The van der Waals surface area contributed by atoms with E-state index >= 15 is 0 Å². The summed E-state index contributed by atoms with van der Waals surface area (Å²) in [5.41, 5.74) is 1.15. The van der Waals surface area contributed by atoms with Crippen molar-refractivity contribution in [1.29, 1.82) is 0 Å². The van der Waals surface area contributed by atoms with Gasteiger partial charge in [-0.05, 0) is 36.5 Å².